The fourth-order valence-corrected chi connectivity index (χ4v) is 1.66. The zero-order valence-corrected chi connectivity index (χ0v) is 10.5. The van der Waals surface area contributed by atoms with Crippen LogP contribution in [0.4, 0.5) is 4.79 Å². The minimum absolute atomic E-state index is 0.303. The van der Waals surface area contributed by atoms with E-state index in [1.165, 1.54) is 12.0 Å². The number of amides is 2. The highest BCUT2D eigenvalue weighted by Gasteiger charge is 2.11. The zero-order chi connectivity index (χ0) is 12.3. The SMILES string of the molecule is COc1cc(Cl)c(CN(C)C(N)=O)cc1Cl. The average Bonchev–Trinajstić information content (AvgIpc) is 2.22. The van der Waals surface area contributed by atoms with Crippen LogP contribution >= 0.6 is 23.2 Å². The summed E-state index contributed by atoms with van der Waals surface area (Å²) in [4.78, 5) is 12.2. The Kier molecular flexibility index (Phi) is 4.26. The molecule has 0 aliphatic carbocycles. The van der Waals surface area contributed by atoms with Gasteiger partial charge in [0.25, 0.3) is 0 Å². The minimum atomic E-state index is -0.525. The smallest absolute Gasteiger partial charge is 0.314 e. The number of carbonyl (C=O) groups excluding carboxylic acids is 1. The summed E-state index contributed by atoms with van der Waals surface area (Å²) in [6, 6.07) is 2.74. The maximum Gasteiger partial charge on any atom is 0.314 e. The van der Waals surface area contributed by atoms with Crippen molar-refractivity contribution >= 4 is 29.2 Å². The van der Waals surface area contributed by atoms with Crippen molar-refractivity contribution in [2.75, 3.05) is 14.2 Å². The highest BCUT2D eigenvalue weighted by Crippen LogP contribution is 2.31. The molecule has 0 saturated heterocycles. The topological polar surface area (TPSA) is 55.6 Å². The van der Waals surface area contributed by atoms with Crippen LogP contribution < -0.4 is 10.5 Å². The lowest BCUT2D eigenvalue weighted by molar-refractivity contribution is 0.216. The molecule has 0 aromatic heterocycles. The van der Waals surface area contributed by atoms with Crippen LogP contribution in [-0.2, 0) is 6.54 Å². The maximum atomic E-state index is 10.9. The van der Waals surface area contributed by atoms with Gasteiger partial charge in [-0.1, -0.05) is 23.2 Å². The van der Waals surface area contributed by atoms with Gasteiger partial charge in [0.05, 0.1) is 12.1 Å². The Morgan fingerprint density at radius 1 is 1.44 bits per heavy atom. The molecule has 1 aromatic rings. The van der Waals surface area contributed by atoms with E-state index in [4.69, 9.17) is 33.7 Å². The molecule has 16 heavy (non-hydrogen) atoms. The summed E-state index contributed by atoms with van der Waals surface area (Å²) in [6.45, 7) is 0.303. The van der Waals surface area contributed by atoms with E-state index in [1.54, 1.807) is 19.2 Å². The number of urea groups is 1. The van der Waals surface area contributed by atoms with Gasteiger partial charge in [-0.25, -0.2) is 4.79 Å². The summed E-state index contributed by atoms with van der Waals surface area (Å²) in [6.07, 6.45) is 0. The third-order valence-electron chi connectivity index (χ3n) is 2.10. The Morgan fingerprint density at radius 2 is 2.06 bits per heavy atom. The lowest BCUT2D eigenvalue weighted by Gasteiger charge is -2.16. The first kappa shape index (κ1) is 12.9. The second kappa shape index (κ2) is 5.27. The first-order valence-corrected chi connectivity index (χ1v) is 5.23. The van der Waals surface area contributed by atoms with Gasteiger partial charge in [-0.05, 0) is 11.6 Å². The number of methoxy groups -OCH3 is 1. The highest BCUT2D eigenvalue weighted by atomic mass is 35.5. The van der Waals surface area contributed by atoms with Crippen molar-refractivity contribution in [3.8, 4) is 5.75 Å². The van der Waals surface area contributed by atoms with Gasteiger partial charge >= 0.3 is 6.03 Å². The number of nitrogens with two attached hydrogens (primary N) is 1. The minimum Gasteiger partial charge on any atom is -0.495 e. The van der Waals surface area contributed by atoms with Crippen LogP contribution in [0.3, 0.4) is 0 Å². The monoisotopic (exact) mass is 262 g/mol. The molecule has 6 heteroatoms. The quantitative estimate of drug-likeness (QED) is 0.910. The Morgan fingerprint density at radius 3 is 2.56 bits per heavy atom. The molecule has 0 aliphatic rings. The summed E-state index contributed by atoms with van der Waals surface area (Å²) in [5.41, 5.74) is 5.83. The molecule has 2 N–H and O–H groups in total. The third kappa shape index (κ3) is 2.93. The summed E-state index contributed by atoms with van der Waals surface area (Å²) < 4.78 is 5.01. The number of benzene rings is 1. The second-order valence-corrected chi connectivity index (χ2v) is 4.09. The maximum absolute atomic E-state index is 10.9. The van der Waals surface area contributed by atoms with Crippen LogP contribution in [0.5, 0.6) is 5.75 Å². The summed E-state index contributed by atoms with van der Waals surface area (Å²) >= 11 is 12.0. The van der Waals surface area contributed by atoms with Crippen molar-refractivity contribution < 1.29 is 9.53 Å². The number of nitrogens with zero attached hydrogens (tertiary/aromatic N) is 1. The Bertz CT molecular complexity index is 410. The van der Waals surface area contributed by atoms with E-state index in [1.807, 2.05) is 0 Å². The molecule has 1 rings (SSSR count). The number of rotatable bonds is 3. The Hall–Kier alpha value is -1.13. The summed E-state index contributed by atoms with van der Waals surface area (Å²) in [5, 5.41) is 0.925. The van der Waals surface area contributed by atoms with Gasteiger partial charge in [0, 0.05) is 24.7 Å². The third-order valence-corrected chi connectivity index (χ3v) is 2.75. The van der Waals surface area contributed by atoms with Crippen molar-refractivity contribution in [2.45, 2.75) is 6.54 Å². The molecule has 4 nitrogen and oxygen atoms in total. The number of hydrogen-bond donors (Lipinski definition) is 1. The predicted octanol–water partition coefficient (Wildman–Crippen LogP) is 2.51. The van der Waals surface area contributed by atoms with Crippen molar-refractivity contribution in [2.24, 2.45) is 5.73 Å². The highest BCUT2D eigenvalue weighted by molar-refractivity contribution is 6.34. The fourth-order valence-electron chi connectivity index (χ4n) is 1.18. The lowest BCUT2D eigenvalue weighted by Crippen LogP contribution is -2.31. The van der Waals surface area contributed by atoms with Crippen LogP contribution in [0.1, 0.15) is 5.56 Å². The normalized spacial score (nSPS) is 10.0. The van der Waals surface area contributed by atoms with Crippen molar-refractivity contribution in [3.63, 3.8) is 0 Å². The molecule has 0 radical (unpaired) electrons. The van der Waals surface area contributed by atoms with Gasteiger partial charge in [0.2, 0.25) is 0 Å². The number of carbonyl (C=O) groups is 1. The van der Waals surface area contributed by atoms with E-state index >= 15 is 0 Å². The Labute approximate surface area is 104 Å². The van der Waals surface area contributed by atoms with Gasteiger partial charge in [-0.2, -0.15) is 0 Å². The number of ether oxygens (including phenoxy) is 1. The second-order valence-electron chi connectivity index (χ2n) is 3.27. The van der Waals surface area contributed by atoms with Gasteiger partial charge in [-0.3, -0.25) is 0 Å². The molecule has 0 spiro atoms. The molecule has 0 bridgehead atoms. The molecule has 0 saturated carbocycles. The van der Waals surface area contributed by atoms with Crippen LogP contribution in [-0.4, -0.2) is 25.1 Å². The first-order valence-electron chi connectivity index (χ1n) is 4.48. The van der Waals surface area contributed by atoms with Gasteiger partial charge in [0.15, 0.2) is 0 Å². The average molecular weight is 263 g/mol. The van der Waals surface area contributed by atoms with Crippen molar-refractivity contribution in [1.82, 2.24) is 4.90 Å². The van der Waals surface area contributed by atoms with Gasteiger partial charge < -0.3 is 15.4 Å². The zero-order valence-electron chi connectivity index (χ0n) is 8.96. The van der Waals surface area contributed by atoms with Gasteiger partial charge in [0.1, 0.15) is 5.75 Å². The van der Waals surface area contributed by atoms with Crippen LogP contribution in [0.2, 0.25) is 10.0 Å². The van der Waals surface area contributed by atoms with Crippen molar-refractivity contribution in [3.05, 3.63) is 27.7 Å². The Balaban J connectivity index is 2.98. The number of halogens is 2. The fraction of sp³-hybridized carbons (Fsp3) is 0.300. The molecule has 0 fully saturated rings. The summed E-state index contributed by atoms with van der Waals surface area (Å²) in [7, 11) is 3.09. The van der Waals surface area contributed by atoms with E-state index in [0.29, 0.717) is 27.9 Å². The molecule has 0 unspecified atom stereocenters. The molecule has 88 valence electrons. The van der Waals surface area contributed by atoms with Crippen LogP contribution in [0, 0.1) is 0 Å². The van der Waals surface area contributed by atoms with E-state index in [0.717, 1.165) is 0 Å². The molecule has 0 atom stereocenters. The number of hydrogen-bond acceptors (Lipinski definition) is 2. The molecular weight excluding hydrogens is 251 g/mol. The number of primary amides is 1. The van der Waals surface area contributed by atoms with Crippen molar-refractivity contribution in [1.29, 1.82) is 0 Å². The van der Waals surface area contributed by atoms with Crippen LogP contribution in [0.25, 0.3) is 0 Å². The van der Waals surface area contributed by atoms with E-state index < -0.39 is 6.03 Å². The van der Waals surface area contributed by atoms with Gasteiger partial charge in [-0.15, -0.1) is 0 Å². The van der Waals surface area contributed by atoms with Crippen LogP contribution in [0.15, 0.2) is 12.1 Å². The molecule has 1 aromatic carbocycles. The molecule has 0 heterocycles. The van der Waals surface area contributed by atoms with E-state index in [2.05, 4.69) is 0 Å². The van der Waals surface area contributed by atoms with E-state index in [-0.39, 0.29) is 0 Å². The lowest BCUT2D eigenvalue weighted by atomic mass is 10.2. The predicted molar refractivity (Wildman–Crippen MR) is 64.1 cm³/mol. The molecule has 2 amide bonds. The standard InChI is InChI=1S/C10H12Cl2N2O2/c1-14(10(13)15)5-6-3-8(12)9(16-2)4-7(6)11/h3-4H,5H2,1-2H3,(H2,13,15). The first-order chi connectivity index (χ1) is 7.45. The largest absolute Gasteiger partial charge is 0.495 e. The molecule has 0 aliphatic heterocycles. The van der Waals surface area contributed by atoms with E-state index in [9.17, 15) is 4.79 Å². The summed E-state index contributed by atoms with van der Waals surface area (Å²) in [5.74, 6) is 0.497. The molecular formula is C10H12Cl2N2O2.